The number of methoxy groups -OCH3 is 1. The van der Waals surface area contributed by atoms with Crippen molar-refractivity contribution in [1.82, 2.24) is 9.62 Å². The van der Waals surface area contributed by atoms with Gasteiger partial charge in [0.2, 0.25) is 10.0 Å². The van der Waals surface area contributed by atoms with Crippen molar-refractivity contribution in [3.8, 4) is 5.75 Å². The summed E-state index contributed by atoms with van der Waals surface area (Å²) in [5, 5.41) is 0. The zero-order valence-corrected chi connectivity index (χ0v) is 17.5. The van der Waals surface area contributed by atoms with Crippen molar-refractivity contribution in [3.05, 3.63) is 59.2 Å². The third-order valence-corrected chi connectivity index (χ3v) is 6.66. The molecule has 2 aromatic carbocycles. The molecule has 1 unspecified atom stereocenters. The van der Waals surface area contributed by atoms with E-state index in [-0.39, 0.29) is 6.04 Å². The number of nitrogens with one attached hydrogen (secondary N) is 1. The van der Waals surface area contributed by atoms with Crippen LogP contribution in [0.4, 0.5) is 0 Å². The number of rotatable bonds is 7. The van der Waals surface area contributed by atoms with Crippen molar-refractivity contribution >= 4 is 10.0 Å². The van der Waals surface area contributed by atoms with Crippen LogP contribution in [0.1, 0.15) is 22.7 Å². The Labute approximate surface area is 167 Å². The summed E-state index contributed by atoms with van der Waals surface area (Å²) in [6.45, 7) is 7.01. The Morgan fingerprint density at radius 3 is 2.36 bits per heavy atom. The highest BCUT2D eigenvalue weighted by atomic mass is 32.2. The molecule has 28 heavy (non-hydrogen) atoms. The Kier molecular flexibility index (Phi) is 6.72. The molecule has 6 nitrogen and oxygen atoms in total. The molecule has 1 aliphatic heterocycles. The smallest absolute Gasteiger partial charge is 0.240 e. The molecule has 1 N–H and O–H groups in total. The quantitative estimate of drug-likeness (QED) is 0.768. The second-order valence-corrected chi connectivity index (χ2v) is 8.80. The van der Waals surface area contributed by atoms with Gasteiger partial charge in [0.05, 0.1) is 25.2 Å². The van der Waals surface area contributed by atoms with Crippen LogP contribution >= 0.6 is 0 Å². The first-order valence-electron chi connectivity index (χ1n) is 9.43. The topological polar surface area (TPSA) is 67.9 Å². The van der Waals surface area contributed by atoms with Crippen LogP contribution in [0.25, 0.3) is 0 Å². The molecule has 0 saturated carbocycles. The Balaban J connectivity index is 1.80. The molecule has 0 radical (unpaired) electrons. The minimum Gasteiger partial charge on any atom is -0.497 e. The fourth-order valence-electron chi connectivity index (χ4n) is 3.33. The molecule has 0 aliphatic carbocycles. The first-order valence-corrected chi connectivity index (χ1v) is 10.9. The van der Waals surface area contributed by atoms with Crippen molar-refractivity contribution in [1.29, 1.82) is 0 Å². The molecule has 152 valence electrons. The van der Waals surface area contributed by atoms with Crippen LogP contribution in [0.3, 0.4) is 0 Å². The molecule has 1 atom stereocenters. The van der Waals surface area contributed by atoms with Crippen LogP contribution in [0.15, 0.2) is 47.4 Å². The van der Waals surface area contributed by atoms with Gasteiger partial charge in [-0.05, 0) is 54.8 Å². The maximum absolute atomic E-state index is 12.8. The molecule has 0 bridgehead atoms. The summed E-state index contributed by atoms with van der Waals surface area (Å²) in [5.41, 5.74) is 3.08. The standard InChI is InChI=1S/C21H28N2O4S/c1-16-4-9-20(14-17(16)2)28(24,25)22-15-21(23-10-12-27-13-11-23)18-5-7-19(26-3)8-6-18/h4-9,14,21-22H,10-13,15H2,1-3H3. The van der Waals surface area contributed by atoms with E-state index >= 15 is 0 Å². The van der Waals surface area contributed by atoms with Gasteiger partial charge in [0, 0.05) is 25.7 Å². The van der Waals surface area contributed by atoms with Crippen LogP contribution in [0.2, 0.25) is 0 Å². The molecular formula is C21H28N2O4S. The predicted octanol–water partition coefficient (Wildman–Crippen LogP) is 2.66. The predicted molar refractivity (Wildman–Crippen MR) is 109 cm³/mol. The maximum atomic E-state index is 12.8. The van der Waals surface area contributed by atoms with Gasteiger partial charge in [-0.25, -0.2) is 13.1 Å². The minimum atomic E-state index is -3.59. The second-order valence-electron chi connectivity index (χ2n) is 7.04. The molecule has 0 aromatic heterocycles. The van der Waals surface area contributed by atoms with Gasteiger partial charge in [-0.2, -0.15) is 0 Å². The fraction of sp³-hybridized carbons (Fsp3) is 0.429. The normalized spacial score (nSPS) is 16.7. The summed E-state index contributed by atoms with van der Waals surface area (Å²) in [5.74, 6) is 0.778. The largest absolute Gasteiger partial charge is 0.497 e. The molecule has 1 saturated heterocycles. The lowest BCUT2D eigenvalue weighted by molar-refractivity contribution is 0.0172. The highest BCUT2D eigenvalue weighted by molar-refractivity contribution is 7.89. The zero-order valence-electron chi connectivity index (χ0n) is 16.6. The fourth-order valence-corrected chi connectivity index (χ4v) is 4.45. The maximum Gasteiger partial charge on any atom is 0.240 e. The SMILES string of the molecule is COc1ccc(C(CNS(=O)(=O)c2ccc(C)c(C)c2)N2CCOCC2)cc1. The first-order chi connectivity index (χ1) is 13.4. The third-order valence-electron chi connectivity index (χ3n) is 5.24. The van der Waals surface area contributed by atoms with Gasteiger partial charge in [-0.1, -0.05) is 18.2 Å². The number of benzene rings is 2. The van der Waals surface area contributed by atoms with E-state index in [9.17, 15) is 8.42 Å². The molecule has 1 aliphatic rings. The lowest BCUT2D eigenvalue weighted by Crippen LogP contribution is -2.43. The number of sulfonamides is 1. The monoisotopic (exact) mass is 404 g/mol. The van der Waals surface area contributed by atoms with Crippen LogP contribution in [-0.4, -0.2) is 53.3 Å². The molecular weight excluding hydrogens is 376 g/mol. The Morgan fingerprint density at radius 1 is 1.07 bits per heavy atom. The van der Waals surface area contributed by atoms with E-state index in [4.69, 9.17) is 9.47 Å². The van der Waals surface area contributed by atoms with Crippen molar-refractivity contribution in [2.45, 2.75) is 24.8 Å². The average Bonchev–Trinajstić information content (AvgIpc) is 2.71. The van der Waals surface area contributed by atoms with Gasteiger partial charge >= 0.3 is 0 Å². The third kappa shape index (κ3) is 4.91. The lowest BCUT2D eigenvalue weighted by Gasteiger charge is -2.35. The summed E-state index contributed by atoms with van der Waals surface area (Å²) in [4.78, 5) is 2.56. The van der Waals surface area contributed by atoms with Gasteiger partial charge in [-0.15, -0.1) is 0 Å². The van der Waals surface area contributed by atoms with Crippen LogP contribution < -0.4 is 9.46 Å². The number of hydrogen-bond donors (Lipinski definition) is 1. The number of hydrogen-bond acceptors (Lipinski definition) is 5. The van der Waals surface area contributed by atoms with E-state index in [1.165, 1.54) is 0 Å². The Morgan fingerprint density at radius 2 is 1.75 bits per heavy atom. The molecule has 0 spiro atoms. The van der Waals surface area contributed by atoms with Gasteiger partial charge in [0.1, 0.15) is 5.75 Å². The first kappa shape index (κ1) is 20.8. The highest BCUT2D eigenvalue weighted by Crippen LogP contribution is 2.24. The molecule has 3 rings (SSSR count). The van der Waals surface area contributed by atoms with Crippen LogP contribution in [0, 0.1) is 13.8 Å². The lowest BCUT2D eigenvalue weighted by atomic mass is 10.0. The average molecular weight is 405 g/mol. The Bertz CT molecular complexity index is 891. The molecule has 1 heterocycles. The summed E-state index contributed by atoms with van der Waals surface area (Å²) < 4.78 is 39.2. The number of morpholine rings is 1. The minimum absolute atomic E-state index is 0.0730. The van der Waals surface area contributed by atoms with Gasteiger partial charge in [0.15, 0.2) is 0 Å². The van der Waals surface area contributed by atoms with Crippen molar-refractivity contribution in [3.63, 3.8) is 0 Å². The molecule has 7 heteroatoms. The summed E-state index contributed by atoms with van der Waals surface area (Å²) in [7, 11) is -1.96. The van der Waals surface area contributed by atoms with Crippen molar-refractivity contribution in [2.24, 2.45) is 0 Å². The van der Waals surface area contributed by atoms with Gasteiger partial charge in [-0.3, -0.25) is 4.90 Å². The number of aryl methyl sites for hydroxylation is 2. The van der Waals surface area contributed by atoms with E-state index in [1.54, 1.807) is 19.2 Å². The highest BCUT2D eigenvalue weighted by Gasteiger charge is 2.25. The summed E-state index contributed by atoms with van der Waals surface area (Å²) >= 11 is 0. The van der Waals surface area contributed by atoms with Crippen molar-refractivity contribution < 1.29 is 17.9 Å². The van der Waals surface area contributed by atoms with Crippen LogP contribution in [-0.2, 0) is 14.8 Å². The molecule has 2 aromatic rings. The van der Waals surface area contributed by atoms with Gasteiger partial charge < -0.3 is 9.47 Å². The second kappa shape index (κ2) is 9.05. The summed E-state index contributed by atoms with van der Waals surface area (Å²) in [6.07, 6.45) is 0. The number of ether oxygens (including phenoxy) is 2. The van der Waals surface area contributed by atoms with E-state index in [2.05, 4.69) is 9.62 Å². The van der Waals surface area contributed by atoms with E-state index in [0.29, 0.717) is 24.7 Å². The van der Waals surface area contributed by atoms with E-state index in [1.807, 2.05) is 44.2 Å². The number of nitrogens with zero attached hydrogens (tertiary/aromatic N) is 1. The molecule has 0 amide bonds. The van der Waals surface area contributed by atoms with Crippen molar-refractivity contribution in [2.75, 3.05) is 40.0 Å². The van der Waals surface area contributed by atoms with Gasteiger partial charge in [0.25, 0.3) is 0 Å². The molecule has 1 fully saturated rings. The van der Waals surface area contributed by atoms with Crippen LogP contribution in [0.5, 0.6) is 5.75 Å². The Hall–Kier alpha value is -1.93. The van der Waals surface area contributed by atoms with E-state index < -0.39 is 10.0 Å². The van der Waals surface area contributed by atoms with E-state index in [0.717, 1.165) is 35.5 Å². The summed E-state index contributed by atoms with van der Waals surface area (Å²) in [6, 6.07) is 12.9. The zero-order chi connectivity index (χ0) is 20.1.